The fourth-order valence-corrected chi connectivity index (χ4v) is 4.51. The Kier molecular flexibility index (Phi) is 5.17. The molecule has 1 atom stereocenters. The number of nitrogens with zero attached hydrogens (tertiary/aromatic N) is 4. The maximum atomic E-state index is 12.5. The van der Waals surface area contributed by atoms with Gasteiger partial charge in [-0.25, -0.2) is 8.42 Å². The minimum absolute atomic E-state index is 0.108. The highest BCUT2D eigenvalue weighted by molar-refractivity contribution is 7.89. The Balaban J connectivity index is 1.58. The van der Waals surface area contributed by atoms with Gasteiger partial charge in [-0.3, -0.25) is 14.7 Å². The molecule has 3 rings (SSSR count). The molecule has 2 aliphatic heterocycles. The molecule has 0 aromatic carbocycles. The first-order valence-electron chi connectivity index (χ1n) is 8.36. The van der Waals surface area contributed by atoms with Gasteiger partial charge in [0, 0.05) is 38.6 Å². The number of likely N-dealkylation sites (tertiary alicyclic amines) is 2. The fourth-order valence-electron chi connectivity index (χ4n) is 3.43. The first-order valence-corrected chi connectivity index (χ1v) is 9.80. The molecule has 132 valence electrons. The van der Waals surface area contributed by atoms with Gasteiger partial charge in [-0.2, -0.15) is 4.31 Å². The zero-order valence-electron chi connectivity index (χ0n) is 14.0. The predicted molar refractivity (Wildman–Crippen MR) is 89.8 cm³/mol. The van der Waals surface area contributed by atoms with Crippen LogP contribution in [0.15, 0.2) is 29.4 Å². The van der Waals surface area contributed by atoms with Gasteiger partial charge in [0.05, 0.1) is 6.54 Å². The van der Waals surface area contributed by atoms with Gasteiger partial charge in [-0.05, 0) is 44.5 Å². The number of amides is 1. The van der Waals surface area contributed by atoms with Gasteiger partial charge in [0.2, 0.25) is 15.9 Å². The quantitative estimate of drug-likeness (QED) is 0.767. The fraction of sp³-hybridized carbons (Fsp3) is 0.625. The number of carbonyl (C=O) groups excluding carboxylic acids is 1. The Labute approximate surface area is 143 Å². The van der Waals surface area contributed by atoms with E-state index in [4.69, 9.17) is 0 Å². The van der Waals surface area contributed by atoms with E-state index in [-0.39, 0.29) is 17.3 Å². The molecule has 1 unspecified atom stereocenters. The summed E-state index contributed by atoms with van der Waals surface area (Å²) >= 11 is 0. The summed E-state index contributed by atoms with van der Waals surface area (Å²) < 4.78 is 26.0. The smallest absolute Gasteiger partial charge is 0.244 e. The number of rotatable bonds is 5. The van der Waals surface area contributed by atoms with Crippen molar-refractivity contribution in [2.45, 2.75) is 30.2 Å². The van der Waals surface area contributed by atoms with E-state index in [0.29, 0.717) is 19.1 Å². The van der Waals surface area contributed by atoms with Crippen LogP contribution in [0.3, 0.4) is 0 Å². The molecular weight excluding hydrogens is 328 g/mol. The Morgan fingerprint density at radius 3 is 2.75 bits per heavy atom. The summed E-state index contributed by atoms with van der Waals surface area (Å²) in [5, 5.41) is 0. The maximum absolute atomic E-state index is 12.5. The van der Waals surface area contributed by atoms with Gasteiger partial charge >= 0.3 is 0 Å². The van der Waals surface area contributed by atoms with Crippen LogP contribution >= 0.6 is 0 Å². The minimum Gasteiger partial charge on any atom is -0.340 e. The van der Waals surface area contributed by atoms with Crippen LogP contribution in [0.25, 0.3) is 0 Å². The third-order valence-corrected chi connectivity index (χ3v) is 6.66. The van der Waals surface area contributed by atoms with Crippen LogP contribution < -0.4 is 0 Å². The van der Waals surface area contributed by atoms with E-state index in [1.165, 1.54) is 38.3 Å². The van der Waals surface area contributed by atoms with E-state index < -0.39 is 10.0 Å². The van der Waals surface area contributed by atoms with E-state index in [0.717, 1.165) is 23.8 Å². The zero-order valence-corrected chi connectivity index (χ0v) is 14.8. The standard InChI is InChI=1S/C16H24N4O3S/c1-18(24(22,23)15-5-4-7-17-11-15)13-16(21)20-10-6-14(12-20)19-8-2-3-9-19/h4-5,7,11,14H,2-3,6,8-10,12-13H2,1H3. The van der Waals surface area contributed by atoms with E-state index in [1.54, 1.807) is 11.0 Å². The van der Waals surface area contributed by atoms with Crippen LogP contribution in [0.2, 0.25) is 0 Å². The van der Waals surface area contributed by atoms with Crippen molar-refractivity contribution in [2.75, 3.05) is 39.8 Å². The van der Waals surface area contributed by atoms with E-state index >= 15 is 0 Å². The van der Waals surface area contributed by atoms with Crippen molar-refractivity contribution in [2.24, 2.45) is 0 Å². The molecular formula is C16H24N4O3S. The lowest BCUT2D eigenvalue weighted by molar-refractivity contribution is -0.130. The number of aromatic nitrogens is 1. The van der Waals surface area contributed by atoms with Crippen molar-refractivity contribution in [1.29, 1.82) is 0 Å². The van der Waals surface area contributed by atoms with Crippen LogP contribution in [-0.4, -0.2) is 79.2 Å². The predicted octanol–water partition coefficient (Wildman–Crippen LogP) is 0.399. The van der Waals surface area contributed by atoms with Crippen LogP contribution in [-0.2, 0) is 14.8 Å². The lowest BCUT2D eigenvalue weighted by Crippen LogP contribution is -2.42. The van der Waals surface area contributed by atoms with Crippen molar-refractivity contribution in [1.82, 2.24) is 19.1 Å². The SMILES string of the molecule is CN(CC(=O)N1CCC(N2CCCC2)C1)S(=O)(=O)c1cccnc1. The Morgan fingerprint density at radius 2 is 2.08 bits per heavy atom. The molecule has 2 saturated heterocycles. The van der Waals surface area contributed by atoms with Crippen molar-refractivity contribution >= 4 is 15.9 Å². The van der Waals surface area contributed by atoms with Crippen LogP contribution in [0.4, 0.5) is 0 Å². The van der Waals surface area contributed by atoms with E-state index in [1.807, 2.05) is 0 Å². The first-order chi connectivity index (χ1) is 11.5. The van der Waals surface area contributed by atoms with Gasteiger partial charge in [0.1, 0.15) is 4.90 Å². The van der Waals surface area contributed by atoms with Crippen molar-refractivity contribution in [3.05, 3.63) is 24.5 Å². The highest BCUT2D eigenvalue weighted by atomic mass is 32.2. The molecule has 1 aromatic heterocycles. The summed E-state index contributed by atoms with van der Waals surface area (Å²) in [5.41, 5.74) is 0. The number of likely N-dealkylation sites (N-methyl/N-ethyl adjacent to an activating group) is 1. The Bertz CT molecular complexity index is 674. The average Bonchev–Trinajstić information content (AvgIpc) is 3.26. The second-order valence-electron chi connectivity index (χ2n) is 6.48. The molecule has 3 heterocycles. The summed E-state index contributed by atoms with van der Waals surface area (Å²) in [6.45, 7) is 3.51. The molecule has 0 aliphatic carbocycles. The summed E-state index contributed by atoms with van der Waals surface area (Å²) in [5.74, 6) is -0.133. The molecule has 1 aromatic rings. The van der Waals surface area contributed by atoms with Crippen LogP contribution in [0.5, 0.6) is 0 Å². The summed E-state index contributed by atoms with van der Waals surface area (Å²) in [7, 11) is -2.24. The number of pyridine rings is 1. The van der Waals surface area contributed by atoms with Gasteiger partial charge in [-0.1, -0.05) is 0 Å². The molecule has 1 amide bonds. The molecule has 0 N–H and O–H groups in total. The number of carbonyl (C=O) groups is 1. The molecule has 0 radical (unpaired) electrons. The van der Waals surface area contributed by atoms with Gasteiger partial charge in [0.15, 0.2) is 0 Å². The summed E-state index contributed by atoms with van der Waals surface area (Å²) in [4.78, 5) is 20.7. The van der Waals surface area contributed by atoms with Gasteiger partial charge in [0.25, 0.3) is 0 Å². The number of hydrogen-bond donors (Lipinski definition) is 0. The first kappa shape index (κ1) is 17.3. The average molecular weight is 352 g/mol. The van der Waals surface area contributed by atoms with Crippen molar-refractivity contribution in [3.63, 3.8) is 0 Å². The van der Waals surface area contributed by atoms with Gasteiger partial charge in [-0.15, -0.1) is 0 Å². The molecule has 8 heteroatoms. The minimum atomic E-state index is -3.68. The molecule has 0 spiro atoms. The van der Waals surface area contributed by atoms with Crippen molar-refractivity contribution in [3.8, 4) is 0 Å². The highest BCUT2D eigenvalue weighted by Crippen LogP contribution is 2.21. The highest BCUT2D eigenvalue weighted by Gasteiger charge is 2.33. The molecule has 7 nitrogen and oxygen atoms in total. The van der Waals surface area contributed by atoms with Crippen LogP contribution in [0, 0.1) is 0 Å². The maximum Gasteiger partial charge on any atom is 0.244 e. The lowest BCUT2D eigenvalue weighted by Gasteiger charge is -2.24. The summed E-state index contributed by atoms with van der Waals surface area (Å²) in [6, 6.07) is 3.49. The van der Waals surface area contributed by atoms with Crippen LogP contribution in [0.1, 0.15) is 19.3 Å². The zero-order chi connectivity index (χ0) is 17.2. The topological polar surface area (TPSA) is 73.8 Å². The van der Waals surface area contributed by atoms with E-state index in [9.17, 15) is 13.2 Å². The molecule has 0 bridgehead atoms. The molecule has 0 saturated carbocycles. The number of sulfonamides is 1. The Hall–Kier alpha value is -1.51. The van der Waals surface area contributed by atoms with E-state index in [2.05, 4.69) is 9.88 Å². The molecule has 2 aliphatic rings. The second kappa shape index (κ2) is 7.16. The lowest BCUT2D eigenvalue weighted by atomic mass is 10.2. The molecule has 24 heavy (non-hydrogen) atoms. The monoisotopic (exact) mass is 352 g/mol. The van der Waals surface area contributed by atoms with Crippen molar-refractivity contribution < 1.29 is 13.2 Å². The number of hydrogen-bond acceptors (Lipinski definition) is 5. The largest absolute Gasteiger partial charge is 0.340 e. The van der Waals surface area contributed by atoms with Gasteiger partial charge < -0.3 is 4.90 Å². The molecule has 2 fully saturated rings. The summed E-state index contributed by atoms with van der Waals surface area (Å²) in [6.07, 6.45) is 6.26. The Morgan fingerprint density at radius 1 is 1.33 bits per heavy atom. The normalized spacial score (nSPS) is 22.4. The third kappa shape index (κ3) is 3.60. The third-order valence-electron chi connectivity index (χ3n) is 4.87. The second-order valence-corrected chi connectivity index (χ2v) is 8.52.